The Hall–Kier alpha value is -2.23. The fourth-order valence-corrected chi connectivity index (χ4v) is 2.60. The molecular weight excluding hydrogens is 483 g/mol. The van der Waals surface area contributed by atoms with E-state index in [1.165, 1.54) is 11.8 Å². The lowest BCUT2D eigenvalue weighted by Crippen LogP contribution is -2.41. The number of hydrogen-bond acceptors (Lipinski definition) is 4. The average molecular weight is 514 g/mol. The Morgan fingerprint density at radius 1 is 1.14 bits per heavy atom. The van der Waals surface area contributed by atoms with Gasteiger partial charge in [0.25, 0.3) is 5.91 Å². The van der Waals surface area contributed by atoms with Crippen LogP contribution >= 0.6 is 24.0 Å². The van der Waals surface area contributed by atoms with Crippen molar-refractivity contribution in [3.63, 3.8) is 0 Å². The number of carbonyl (C=O) groups is 1. The number of nitrogens with zero attached hydrogens (tertiary/aromatic N) is 2. The smallest absolute Gasteiger partial charge is 0.287 e. The maximum absolute atomic E-state index is 12.0. The Morgan fingerprint density at radius 3 is 2.45 bits per heavy atom. The lowest BCUT2D eigenvalue weighted by Gasteiger charge is -2.22. The monoisotopic (exact) mass is 514 g/mol. The molecule has 0 aliphatic rings. The molecule has 0 saturated carbocycles. The molecule has 160 valence electrons. The fourth-order valence-electron chi connectivity index (χ4n) is 2.60. The number of aryl methyl sites for hydroxylation is 2. The van der Waals surface area contributed by atoms with E-state index in [-0.39, 0.29) is 29.9 Å². The van der Waals surface area contributed by atoms with Gasteiger partial charge in [-0.2, -0.15) is 0 Å². The number of rotatable bonds is 9. The van der Waals surface area contributed by atoms with Crippen LogP contribution in [0.1, 0.15) is 28.1 Å². The van der Waals surface area contributed by atoms with Crippen LogP contribution in [0.25, 0.3) is 0 Å². The third kappa shape index (κ3) is 8.35. The summed E-state index contributed by atoms with van der Waals surface area (Å²) in [6.45, 7) is 6.44. The van der Waals surface area contributed by atoms with Gasteiger partial charge in [-0.3, -0.25) is 9.79 Å². The lowest BCUT2D eigenvalue weighted by molar-refractivity contribution is 0.0925. The van der Waals surface area contributed by atoms with Gasteiger partial charge in [-0.1, -0.05) is 17.7 Å². The summed E-state index contributed by atoms with van der Waals surface area (Å²) >= 11 is 0. The number of benzene rings is 1. The van der Waals surface area contributed by atoms with Gasteiger partial charge in [-0.15, -0.1) is 24.0 Å². The predicted octanol–water partition coefficient (Wildman–Crippen LogP) is 3.22. The zero-order valence-electron chi connectivity index (χ0n) is 17.5. The normalized spacial score (nSPS) is 10.8. The maximum atomic E-state index is 12.0. The summed E-state index contributed by atoms with van der Waals surface area (Å²) < 4.78 is 10.9. The van der Waals surface area contributed by atoms with Gasteiger partial charge in [-0.05, 0) is 38.5 Å². The van der Waals surface area contributed by atoms with E-state index in [1.807, 2.05) is 43.1 Å². The van der Waals surface area contributed by atoms with Crippen molar-refractivity contribution < 1.29 is 13.9 Å². The van der Waals surface area contributed by atoms with Crippen LogP contribution in [0.4, 0.5) is 0 Å². The standard InChI is InChI=1S/C21H30N4O3.HI/c1-16-6-8-18(9-7-16)27-15-13-25(4)21(22-3)24-12-5-11-23-20(26)19-17(2)10-14-28-19;/h6-10,14H,5,11-13,15H2,1-4H3,(H,22,24)(H,23,26);1H. The number of ether oxygens (including phenoxy) is 1. The molecule has 2 N–H and O–H groups in total. The number of nitrogens with one attached hydrogen (secondary N) is 2. The summed E-state index contributed by atoms with van der Waals surface area (Å²) in [6, 6.07) is 9.79. The minimum absolute atomic E-state index is 0. The molecule has 8 heteroatoms. The van der Waals surface area contributed by atoms with E-state index in [2.05, 4.69) is 22.5 Å². The van der Waals surface area contributed by atoms with Crippen molar-refractivity contribution in [3.05, 3.63) is 53.5 Å². The van der Waals surface area contributed by atoms with Crippen molar-refractivity contribution in [1.82, 2.24) is 15.5 Å². The van der Waals surface area contributed by atoms with Crippen LogP contribution in [0.2, 0.25) is 0 Å². The summed E-state index contributed by atoms with van der Waals surface area (Å²) in [5.74, 6) is 1.85. The topological polar surface area (TPSA) is 79.1 Å². The summed E-state index contributed by atoms with van der Waals surface area (Å²) in [5, 5.41) is 6.15. The van der Waals surface area contributed by atoms with Gasteiger partial charge in [0.05, 0.1) is 12.8 Å². The number of hydrogen-bond donors (Lipinski definition) is 2. The van der Waals surface area contributed by atoms with E-state index in [0.717, 1.165) is 23.7 Å². The Balaban J connectivity index is 0.00000420. The average Bonchev–Trinajstić information content (AvgIpc) is 3.12. The Bertz CT molecular complexity index is 774. The van der Waals surface area contributed by atoms with Crippen molar-refractivity contribution >= 4 is 35.8 Å². The van der Waals surface area contributed by atoms with Crippen molar-refractivity contribution in [1.29, 1.82) is 0 Å². The summed E-state index contributed by atoms with van der Waals surface area (Å²) in [5.41, 5.74) is 2.05. The fraction of sp³-hybridized carbons (Fsp3) is 0.429. The number of halogens is 1. The Labute approximate surface area is 189 Å². The van der Waals surface area contributed by atoms with Gasteiger partial charge in [-0.25, -0.2) is 0 Å². The van der Waals surface area contributed by atoms with Crippen LogP contribution in [-0.2, 0) is 0 Å². The van der Waals surface area contributed by atoms with Crippen LogP contribution in [-0.4, -0.2) is 57.1 Å². The molecule has 29 heavy (non-hydrogen) atoms. The predicted molar refractivity (Wildman–Crippen MR) is 126 cm³/mol. The largest absolute Gasteiger partial charge is 0.492 e. The molecule has 0 saturated heterocycles. The highest BCUT2D eigenvalue weighted by atomic mass is 127. The molecule has 7 nitrogen and oxygen atoms in total. The number of aliphatic imine (C=N–C) groups is 1. The van der Waals surface area contributed by atoms with Crippen molar-refractivity contribution in [3.8, 4) is 5.75 Å². The number of guanidine groups is 1. The van der Waals surface area contributed by atoms with Gasteiger partial charge in [0, 0.05) is 32.7 Å². The lowest BCUT2D eigenvalue weighted by atomic mass is 10.2. The van der Waals surface area contributed by atoms with Crippen molar-refractivity contribution in [2.45, 2.75) is 20.3 Å². The first-order valence-corrected chi connectivity index (χ1v) is 9.45. The van der Waals surface area contributed by atoms with Gasteiger partial charge < -0.3 is 24.7 Å². The summed E-state index contributed by atoms with van der Waals surface area (Å²) in [4.78, 5) is 18.3. The van der Waals surface area contributed by atoms with Crippen molar-refractivity contribution in [2.24, 2.45) is 4.99 Å². The first-order chi connectivity index (χ1) is 13.5. The second kappa shape index (κ2) is 13.1. The second-order valence-corrected chi connectivity index (χ2v) is 6.60. The molecule has 0 unspecified atom stereocenters. The second-order valence-electron chi connectivity index (χ2n) is 6.60. The van der Waals surface area contributed by atoms with Crippen LogP contribution in [0, 0.1) is 13.8 Å². The van der Waals surface area contributed by atoms with E-state index in [1.54, 1.807) is 13.1 Å². The zero-order valence-corrected chi connectivity index (χ0v) is 19.9. The highest BCUT2D eigenvalue weighted by Gasteiger charge is 2.11. The van der Waals surface area contributed by atoms with E-state index in [9.17, 15) is 4.79 Å². The zero-order chi connectivity index (χ0) is 20.4. The van der Waals surface area contributed by atoms with Crippen LogP contribution in [0.15, 0.2) is 46.0 Å². The molecule has 1 amide bonds. The van der Waals surface area contributed by atoms with Crippen LogP contribution < -0.4 is 15.4 Å². The third-order valence-electron chi connectivity index (χ3n) is 4.28. The third-order valence-corrected chi connectivity index (χ3v) is 4.28. The summed E-state index contributed by atoms with van der Waals surface area (Å²) in [6.07, 6.45) is 2.30. The van der Waals surface area contributed by atoms with Gasteiger partial charge in [0.2, 0.25) is 0 Å². The molecule has 1 aromatic heterocycles. The number of carbonyl (C=O) groups excluding carboxylic acids is 1. The molecule has 2 rings (SSSR count). The number of amides is 1. The Morgan fingerprint density at radius 2 is 1.83 bits per heavy atom. The molecule has 0 aliphatic heterocycles. The molecule has 2 aromatic rings. The molecule has 0 bridgehead atoms. The first-order valence-electron chi connectivity index (χ1n) is 9.45. The van der Waals surface area contributed by atoms with Gasteiger partial charge in [0.1, 0.15) is 12.4 Å². The van der Waals surface area contributed by atoms with Crippen LogP contribution in [0.5, 0.6) is 5.75 Å². The van der Waals surface area contributed by atoms with Gasteiger partial charge >= 0.3 is 0 Å². The number of likely N-dealkylation sites (N-methyl/N-ethyl adjacent to an activating group) is 1. The quantitative estimate of drug-likeness (QED) is 0.233. The number of furan rings is 1. The highest BCUT2D eigenvalue weighted by molar-refractivity contribution is 14.0. The molecule has 1 aromatic carbocycles. The molecule has 0 radical (unpaired) electrons. The molecular formula is C21H31IN4O3. The first kappa shape index (κ1) is 24.8. The van der Waals surface area contributed by atoms with E-state index < -0.39 is 0 Å². The maximum Gasteiger partial charge on any atom is 0.287 e. The van der Waals surface area contributed by atoms with E-state index in [4.69, 9.17) is 9.15 Å². The summed E-state index contributed by atoms with van der Waals surface area (Å²) in [7, 11) is 3.72. The molecule has 0 fully saturated rings. The van der Waals surface area contributed by atoms with E-state index in [0.29, 0.717) is 32.0 Å². The molecule has 0 atom stereocenters. The minimum atomic E-state index is -0.183. The highest BCUT2D eigenvalue weighted by Crippen LogP contribution is 2.11. The van der Waals surface area contributed by atoms with Crippen molar-refractivity contribution in [2.75, 3.05) is 40.3 Å². The SMILES string of the molecule is CN=C(NCCCNC(=O)c1occc1C)N(C)CCOc1ccc(C)cc1.I. The van der Waals surface area contributed by atoms with Crippen LogP contribution in [0.3, 0.4) is 0 Å². The minimum Gasteiger partial charge on any atom is -0.492 e. The van der Waals surface area contributed by atoms with E-state index >= 15 is 0 Å². The molecule has 0 aliphatic carbocycles. The molecule has 0 spiro atoms. The van der Waals surface area contributed by atoms with Gasteiger partial charge in [0.15, 0.2) is 11.7 Å². The Kier molecular flexibility index (Phi) is 11.2. The molecule has 1 heterocycles.